The molecule has 1 aromatic carbocycles. The SMILES string of the molecule is CC(=O)Oc1c(N)cnc2ccccc12. The summed E-state index contributed by atoms with van der Waals surface area (Å²) in [6, 6.07) is 7.36. The van der Waals surface area contributed by atoms with E-state index in [2.05, 4.69) is 4.98 Å². The van der Waals surface area contributed by atoms with Crippen molar-refractivity contribution in [3.63, 3.8) is 0 Å². The summed E-state index contributed by atoms with van der Waals surface area (Å²) in [5, 5.41) is 0.743. The topological polar surface area (TPSA) is 65.2 Å². The van der Waals surface area contributed by atoms with Gasteiger partial charge in [0.1, 0.15) is 0 Å². The highest BCUT2D eigenvalue weighted by Crippen LogP contribution is 2.29. The largest absolute Gasteiger partial charge is 0.424 e. The first-order valence-electron chi connectivity index (χ1n) is 4.50. The Bertz CT molecular complexity index is 523. The minimum Gasteiger partial charge on any atom is -0.424 e. The van der Waals surface area contributed by atoms with Gasteiger partial charge in [-0.25, -0.2) is 0 Å². The molecule has 0 bridgehead atoms. The number of carbonyl (C=O) groups is 1. The number of ether oxygens (including phenoxy) is 1. The van der Waals surface area contributed by atoms with Crippen molar-refractivity contribution >= 4 is 22.6 Å². The van der Waals surface area contributed by atoms with Crippen LogP contribution in [0.1, 0.15) is 6.92 Å². The lowest BCUT2D eigenvalue weighted by Gasteiger charge is -2.07. The number of hydrogen-bond acceptors (Lipinski definition) is 4. The normalized spacial score (nSPS) is 10.2. The van der Waals surface area contributed by atoms with E-state index in [4.69, 9.17) is 10.5 Å². The quantitative estimate of drug-likeness (QED) is 0.715. The Labute approximate surface area is 86.7 Å². The standard InChI is InChI=1S/C11H10N2O2/c1-7(14)15-11-8-4-2-3-5-10(8)13-6-9(11)12/h2-6H,12H2,1H3. The van der Waals surface area contributed by atoms with Crippen LogP contribution in [0.15, 0.2) is 30.5 Å². The zero-order chi connectivity index (χ0) is 10.8. The van der Waals surface area contributed by atoms with Gasteiger partial charge in [-0.05, 0) is 12.1 Å². The van der Waals surface area contributed by atoms with Crippen LogP contribution in [0.3, 0.4) is 0 Å². The van der Waals surface area contributed by atoms with Gasteiger partial charge in [0.2, 0.25) is 0 Å². The van der Waals surface area contributed by atoms with E-state index < -0.39 is 5.97 Å². The second-order valence-corrected chi connectivity index (χ2v) is 3.15. The number of para-hydroxylation sites is 1. The first-order chi connectivity index (χ1) is 7.18. The van der Waals surface area contributed by atoms with Crippen molar-refractivity contribution in [2.24, 2.45) is 0 Å². The molecular formula is C11H10N2O2. The summed E-state index contributed by atoms with van der Waals surface area (Å²) in [6.07, 6.45) is 1.49. The Hall–Kier alpha value is -2.10. The third-order valence-corrected chi connectivity index (χ3v) is 2.00. The molecule has 0 aliphatic carbocycles. The molecular weight excluding hydrogens is 192 g/mol. The van der Waals surface area contributed by atoms with E-state index in [-0.39, 0.29) is 0 Å². The Morgan fingerprint density at radius 1 is 1.40 bits per heavy atom. The maximum atomic E-state index is 10.9. The van der Waals surface area contributed by atoms with Gasteiger partial charge in [0.15, 0.2) is 5.75 Å². The Balaban J connectivity index is 2.68. The smallest absolute Gasteiger partial charge is 0.308 e. The third kappa shape index (κ3) is 1.74. The lowest BCUT2D eigenvalue weighted by Crippen LogP contribution is -2.05. The van der Waals surface area contributed by atoms with Crippen LogP contribution in [0, 0.1) is 0 Å². The van der Waals surface area contributed by atoms with Crippen LogP contribution in [-0.2, 0) is 4.79 Å². The van der Waals surface area contributed by atoms with Crippen LogP contribution in [0.25, 0.3) is 10.9 Å². The van der Waals surface area contributed by atoms with Gasteiger partial charge in [0.25, 0.3) is 0 Å². The summed E-state index contributed by atoms with van der Waals surface area (Å²) in [6.45, 7) is 1.34. The summed E-state index contributed by atoms with van der Waals surface area (Å²) >= 11 is 0. The minimum absolute atomic E-state index is 0.365. The molecule has 0 aliphatic heterocycles. The second kappa shape index (κ2) is 3.57. The third-order valence-electron chi connectivity index (χ3n) is 2.00. The molecule has 2 N–H and O–H groups in total. The van der Waals surface area contributed by atoms with Gasteiger partial charge in [0, 0.05) is 12.3 Å². The fourth-order valence-corrected chi connectivity index (χ4v) is 1.39. The van der Waals surface area contributed by atoms with Crippen LogP contribution in [-0.4, -0.2) is 11.0 Å². The molecule has 0 saturated heterocycles. The first kappa shape index (κ1) is 9.45. The van der Waals surface area contributed by atoms with Crippen molar-refractivity contribution in [3.05, 3.63) is 30.5 Å². The molecule has 0 amide bonds. The monoisotopic (exact) mass is 202 g/mol. The molecule has 0 fully saturated rings. The van der Waals surface area contributed by atoms with E-state index in [0.717, 1.165) is 10.9 Å². The number of fused-ring (bicyclic) bond motifs is 1. The molecule has 0 saturated carbocycles. The number of carbonyl (C=O) groups excluding carboxylic acids is 1. The molecule has 76 valence electrons. The number of nitrogens with zero attached hydrogens (tertiary/aromatic N) is 1. The van der Waals surface area contributed by atoms with Crippen molar-refractivity contribution in [3.8, 4) is 5.75 Å². The number of nitrogen functional groups attached to an aromatic ring is 1. The van der Waals surface area contributed by atoms with Crippen molar-refractivity contribution in [1.82, 2.24) is 4.98 Å². The number of hydrogen-bond donors (Lipinski definition) is 1. The summed E-state index contributed by atoms with van der Waals surface area (Å²) in [7, 11) is 0. The van der Waals surface area contributed by atoms with E-state index in [0.29, 0.717) is 11.4 Å². The van der Waals surface area contributed by atoms with Gasteiger partial charge in [0.05, 0.1) is 17.4 Å². The molecule has 0 radical (unpaired) electrons. The van der Waals surface area contributed by atoms with E-state index in [9.17, 15) is 4.79 Å². The average molecular weight is 202 g/mol. The zero-order valence-corrected chi connectivity index (χ0v) is 8.23. The second-order valence-electron chi connectivity index (χ2n) is 3.15. The molecule has 0 atom stereocenters. The minimum atomic E-state index is -0.391. The fourth-order valence-electron chi connectivity index (χ4n) is 1.39. The van der Waals surface area contributed by atoms with E-state index >= 15 is 0 Å². The van der Waals surface area contributed by atoms with Crippen molar-refractivity contribution in [1.29, 1.82) is 0 Å². The number of anilines is 1. The summed E-state index contributed by atoms with van der Waals surface area (Å²) in [4.78, 5) is 15.0. The van der Waals surface area contributed by atoms with Crippen molar-refractivity contribution in [2.45, 2.75) is 6.92 Å². The molecule has 0 spiro atoms. The van der Waals surface area contributed by atoms with E-state index in [1.165, 1.54) is 13.1 Å². The highest BCUT2D eigenvalue weighted by atomic mass is 16.5. The van der Waals surface area contributed by atoms with E-state index in [1.807, 2.05) is 24.3 Å². The Morgan fingerprint density at radius 2 is 2.13 bits per heavy atom. The zero-order valence-electron chi connectivity index (χ0n) is 8.23. The molecule has 1 heterocycles. The number of benzene rings is 1. The number of rotatable bonds is 1. The number of esters is 1. The molecule has 2 aromatic rings. The van der Waals surface area contributed by atoms with Gasteiger partial charge < -0.3 is 10.5 Å². The average Bonchev–Trinajstić information content (AvgIpc) is 2.22. The van der Waals surface area contributed by atoms with Crippen molar-refractivity contribution in [2.75, 3.05) is 5.73 Å². The lowest BCUT2D eigenvalue weighted by molar-refractivity contribution is -0.131. The fraction of sp³-hybridized carbons (Fsp3) is 0.0909. The molecule has 2 rings (SSSR count). The highest BCUT2D eigenvalue weighted by Gasteiger charge is 2.09. The van der Waals surface area contributed by atoms with Gasteiger partial charge >= 0.3 is 5.97 Å². The molecule has 4 nitrogen and oxygen atoms in total. The molecule has 15 heavy (non-hydrogen) atoms. The summed E-state index contributed by atoms with van der Waals surface area (Å²) in [5.74, 6) is -0.00819. The number of nitrogens with two attached hydrogens (primary N) is 1. The summed E-state index contributed by atoms with van der Waals surface area (Å²) in [5.41, 5.74) is 6.81. The predicted molar refractivity (Wildman–Crippen MR) is 57.5 cm³/mol. The predicted octanol–water partition coefficient (Wildman–Crippen LogP) is 1.74. The molecule has 1 aromatic heterocycles. The van der Waals surface area contributed by atoms with Gasteiger partial charge in [-0.1, -0.05) is 12.1 Å². The van der Waals surface area contributed by atoms with Crippen LogP contribution >= 0.6 is 0 Å². The lowest BCUT2D eigenvalue weighted by atomic mass is 10.2. The van der Waals surface area contributed by atoms with Crippen LogP contribution < -0.4 is 10.5 Å². The van der Waals surface area contributed by atoms with Crippen molar-refractivity contribution < 1.29 is 9.53 Å². The molecule has 4 heteroatoms. The maximum absolute atomic E-state index is 10.9. The summed E-state index contributed by atoms with van der Waals surface area (Å²) < 4.78 is 5.05. The number of aromatic nitrogens is 1. The molecule has 0 aliphatic rings. The van der Waals surface area contributed by atoms with Crippen LogP contribution in [0.5, 0.6) is 5.75 Å². The first-order valence-corrected chi connectivity index (χ1v) is 4.50. The Morgan fingerprint density at radius 3 is 2.87 bits per heavy atom. The molecule has 0 unspecified atom stereocenters. The van der Waals surface area contributed by atoms with Crippen LogP contribution in [0.4, 0.5) is 5.69 Å². The maximum Gasteiger partial charge on any atom is 0.308 e. The van der Waals surface area contributed by atoms with Gasteiger partial charge in [-0.15, -0.1) is 0 Å². The highest BCUT2D eigenvalue weighted by molar-refractivity contribution is 5.91. The van der Waals surface area contributed by atoms with E-state index in [1.54, 1.807) is 0 Å². The van der Waals surface area contributed by atoms with Crippen LogP contribution in [0.2, 0.25) is 0 Å². The Kier molecular flexibility index (Phi) is 2.25. The van der Waals surface area contributed by atoms with Gasteiger partial charge in [-0.2, -0.15) is 0 Å². The van der Waals surface area contributed by atoms with Gasteiger partial charge in [-0.3, -0.25) is 9.78 Å². The number of pyridine rings is 1.